The van der Waals surface area contributed by atoms with Crippen molar-refractivity contribution in [2.24, 2.45) is 0 Å². The predicted molar refractivity (Wildman–Crippen MR) is 61.3 cm³/mol. The fraction of sp³-hybridized carbons (Fsp3) is 0.636. The van der Waals surface area contributed by atoms with E-state index in [0.717, 1.165) is 39.4 Å². The SMILES string of the molecule is c1csc(C2(N3CCNCC3)COC2)c1. The Morgan fingerprint density at radius 1 is 1.33 bits per heavy atom. The van der Waals surface area contributed by atoms with Gasteiger partial charge in [0.1, 0.15) is 5.54 Å². The van der Waals surface area contributed by atoms with Gasteiger partial charge in [-0.2, -0.15) is 0 Å². The van der Waals surface area contributed by atoms with Crippen LogP contribution in [0.15, 0.2) is 17.5 Å². The average molecular weight is 224 g/mol. The second kappa shape index (κ2) is 3.87. The highest BCUT2D eigenvalue weighted by atomic mass is 32.1. The van der Waals surface area contributed by atoms with Gasteiger partial charge >= 0.3 is 0 Å². The van der Waals surface area contributed by atoms with E-state index < -0.39 is 0 Å². The summed E-state index contributed by atoms with van der Waals surface area (Å²) in [6.45, 7) is 6.23. The monoisotopic (exact) mass is 224 g/mol. The van der Waals surface area contributed by atoms with Gasteiger partial charge < -0.3 is 10.1 Å². The summed E-state index contributed by atoms with van der Waals surface area (Å²) in [4.78, 5) is 4.05. The first-order valence-corrected chi connectivity index (χ1v) is 6.37. The van der Waals surface area contributed by atoms with Gasteiger partial charge in [-0.1, -0.05) is 6.07 Å². The second-order valence-corrected chi connectivity index (χ2v) is 5.19. The summed E-state index contributed by atoms with van der Waals surface area (Å²) in [6, 6.07) is 4.39. The molecule has 15 heavy (non-hydrogen) atoms. The molecule has 0 aromatic carbocycles. The third-order valence-electron chi connectivity index (χ3n) is 3.38. The van der Waals surface area contributed by atoms with Crippen molar-refractivity contribution in [3.05, 3.63) is 22.4 Å². The number of ether oxygens (including phenoxy) is 1. The van der Waals surface area contributed by atoms with E-state index >= 15 is 0 Å². The Labute approximate surface area is 94.0 Å². The van der Waals surface area contributed by atoms with Gasteiger partial charge in [0.05, 0.1) is 13.2 Å². The molecule has 0 aliphatic carbocycles. The van der Waals surface area contributed by atoms with Gasteiger partial charge in [-0.3, -0.25) is 4.90 Å². The molecule has 2 saturated heterocycles. The number of piperazine rings is 1. The van der Waals surface area contributed by atoms with Gasteiger partial charge in [0.25, 0.3) is 0 Å². The van der Waals surface area contributed by atoms with E-state index in [9.17, 15) is 0 Å². The second-order valence-electron chi connectivity index (χ2n) is 4.24. The molecular weight excluding hydrogens is 208 g/mol. The smallest absolute Gasteiger partial charge is 0.103 e. The van der Waals surface area contributed by atoms with Crippen molar-refractivity contribution < 1.29 is 4.74 Å². The Kier molecular flexibility index (Phi) is 2.52. The summed E-state index contributed by atoms with van der Waals surface area (Å²) < 4.78 is 5.46. The molecular formula is C11H16N2OS. The maximum Gasteiger partial charge on any atom is 0.103 e. The Balaban J connectivity index is 1.85. The lowest BCUT2D eigenvalue weighted by atomic mass is 9.92. The minimum absolute atomic E-state index is 0.205. The van der Waals surface area contributed by atoms with E-state index in [2.05, 4.69) is 27.7 Å². The van der Waals surface area contributed by atoms with E-state index in [1.165, 1.54) is 4.88 Å². The summed E-state index contributed by atoms with van der Waals surface area (Å²) in [5.74, 6) is 0. The standard InChI is InChI=1S/C11H16N2OS/c1-2-10(15-7-1)11(8-14-9-11)13-5-3-12-4-6-13/h1-2,7,12H,3-6,8-9H2. The molecule has 2 aliphatic heterocycles. The Morgan fingerprint density at radius 3 is 2.67 bits per heavy atom. The van der Waals surface area contributed by atoms with E-state index in [1.54, 1.807) is 0 Å². The van der Waals surface area contributed by atoms with Crippen molar-refractivity contribution in [1.29, 1.82) is 0 Å². The van der Waals surface area contributed by atoms with Crippen LogP contribution < -0.4 is 5.32 Å². The molecule has 0 bridgehead atoms. The van der Waals surface area contributed by atoms with Crippen LogP contribution in [0.5, 0.6) is 0 Å². The number of hydrogen-bond donors (Lipinski definition) is 1. The molecule has 1 aromatic heterocycles. The average Bonchev–Trinajstić information content (AvgIpc) is 2.72. The van der Waals surface area contributed by atoms with Gasteiger partial charge in [-0.05, 0) is 11.4 Å². The largest absolute Gasteiger partial charge is 0.377 e. The van der Waals surface area contributed by atoms with Crippen LogP contribution in [0.3, 0.4) is 0 Å². The molecule has 0 unspecified atom stereocenters. The Hall–Kier alpha value is -0.420. The van der Waals surface area contributed by atoms with E-state index in [1.807, 2.05) is 11.3 Å². The number of rotatable bonds is 2. The lowest BCUT2D eigenvalue weighted by Gasteiger charge is -2.50. The lowest BCUT2D eigenvalue weighted by Crippen LogP contribution is -2.63. The highest BCUT2D eigenvalue weighted by Gasteiger charge is 2.46. The summed E-state index contributed by atoms with van der Waals surface area (Å²) in [7, 11) is 0. The van der Waals surface area contributed by atoms with Crippen LogP contribution in [0.1, 0.15) is 4.88 Å². The van der Waals surface area contributed by atoms with Crippen molar-refractivity contribution in [3.63, 3.8) is 0 Å². The van der Waals surface area contributed by atoms with E-state index in [4.69, 9.17) is 4.74 Å². The van der Waals surface area contributed by atoms with Gasteiger partial charge in [0.2, 0.25) is 0 Å². The van der Waals surface area contributed by atoms with Crippen molar-refractivity contribution in [3.8, 4) is 0 Å². The zero-order valence-electron chi connectivity index (χ0n) is 8.74. The topological polar surface area (TPSA) is 24.5 Å². The molecule has 2 fully saturated rings. The summed E-state index contributed by atoms with van der Waals surface area (Å²) in [5.41, 5.74) is 0.205. The number of nitrogens with one attached hydrogen (secondary N) is 1. The van der Waals surface area contributed by atoms with E-state index in [0.29, 0.717) is 0 Å². The molecule has 0 spiro atoms. The summed E-state index contributed by atoms with van der Waals surface area (Å²) >= 11 is 1.86. The van der Waals surface area contributed by atoms with Crippen molar-refractivity contribution >= 4 is 11.3 Å². The van der Waals surface area contributed by atoms with Gasteiger partial charge in [-0.15, -0.1) is 11.3 Å². The third kappa shape index (κ3) is 1.52. The van der Waals surface area contributed by atoms with Gasteiger partial charge in [-0.25, -0.2) is 0 Å². The molecule has 0 amide bonds. The fourth-order valence-corrected chi connectivity index (χ4v) is 3.34. The molecule has 82 valence electrons. The van der Waals surface area contributed by atoms with Crippen molar-refractivity contribution in [1.82, 2.24) is 10.2 Å². The normalized spacial score (nSPS) is 26.1. The molecule has 0 atom stereocenters. The molecule has 1 N–H and O–H groups in total. The summed E-state index contributed by atoms with van der Waals surface area (Å²) in [6.07, 6.45) is 0. The highest BCUT2D eigenvalue weighted by molar-refractivity contribution is 7.10. The van der Waals surface area contributed by atoms with Crippen molar-refractivity contribution in [2.75, 3.05) is 39.4 Å². The first-order chi connectivity index (χ1) is 7.42. The zero-order valence-corrected chi connectivity index (χ0v) is 9.55. The lowest BCUT2D eigenvalue weighted by molar-refractivity contribution is -0.147. The van der Waals surface area contributed by atoms with Crippen LogP contribution in [-0.2, 0) is 10.3 Å². The molecule has 0 radical (unpaired) electrons. The molecule has 2 aliphatic rings. The number of thiophene rings is 1. The van der Waals surface area contributed by atoms with E-state index in [-0.39, 0.29) is 5.54 Å². The van der Waals surface area contributed by atoms with Crippen LogP contribution in [0.4, 0.5) is 0 Å². The van der Waals surface area contributed by atoms with Crippen LogP contribution >= 0.6 is 11.3 Å². The third-order valence-corrected chi connectivity index (χ3v) is 4.45. The van der Waals surface area contributed by atoms with Crippen LogP contribution in [0.25, 0.3) is 0 Å². The zero-order chi connectivity index (χ0) is 10.1. The maximum absolute atomic E-state index is 5.46. The maximum atomic E-state index is 5.46. The Morgan fingerprint density at radius 2 is 2.13 bits per heavy atom. The minimum atomic E-state index is 0.205. The fourth-order valence-electron chi connectivity index (χ4n) is 2.41. The van der Waals surface area contributed by atoms with Crippen LogP contribution in [0, 0.1) is 0 Å². The molecule has 4 heteroatoms. The van der Waals surface area contributed by atoms with Gasteiger partial charge in [0.15, 0.2) is 0 Å². The number of hydrogen-bond acceptors (Lipinski definition) is 4. The molecule has 0 saturated carbocycles. The highest BCUT2D eigenvalue weighted by Crippen LogP contribution is 2.38. The quantitative estimate of drug-likeness (QED) is 0.807. The van der Waals surface area contributed by atoms with Gasteiger partial charge in [0, 0.05) is 31.1 Å². The molecule has 3 nitrogen and oxygen atoms in total. The number of nitrogens with zero attached hydrogens (tertiary/aromatic N) is 1. The molecule has 3 heterocycles. The summed E-state index contributed by atoms with van der Waals surface area (Å²) in [5, 5.41) is 5.57. The van der Waals surface area contributed by atoms with Crippen LogP contribution in [0.2, 0.25) is 0 Å². The molecule has 1 aromatic rings. The first-order valence-electron chi connectivity index (χ1n) is 5.49. The van der Waals surface area contributed by atoms with Crippen molar-refractivity contribution in [2.45, 2.75) is 5.54 Å². The first kappa shape index (κ1) is 9.78. The molecule has 3 rings (SSSR count). The Bertz CT molecular complexity index is 315. The van der Waals surface area contributed by atoms with Crippen LogP contribution in [-0.4, -0.2) is 44.3 Å². The minimum Gasteiger partial charge on any atom is -0.377 e. The predicted octanol–water partition coefficient (Wildman–Crippen LogP) is 0.879.